The predicted molar refractivity (Wildman–Crippen MR) is 118 cm³/mol. The molecular weight excluding hydrogens is 376 g/mol. The van der Waals surface area contributed by atoms with E-state index in [9.17, 15) is 0 Å². The Labute approximate surface area is 176 Å². The van der Waals surface area contributed by atoms with Crippen LogP contribution in [0.2, 0.25) is 0 Å². The summed E-state index contributed by atoms with van der Waals surface area (Å²) in [6.07, 6.45) is 14.5. The molecule has 1 fully saturated rings. The quantitative estimate of drug-likeness (QED) is 0.666. The van der Waals surface area contributed by atoms with Crippen LogP contribution in [0.4, 0.5) is 11.6 Å². The topological polar surface area (TPSA) is 84.9 Å². The van der Waals surface area contributed by atoms with Crippen molar-refractivity contribution in [3.8, 4) is 0 Å². The Kier molecular flexibility index (Phi) is 5.52. The molecule has 2 aromatic heterocycles. The van der Waals surface area contributed by atoms with Gasteiger partial charge in [-0.15, -0.1) is 0 Å². The molecule has 0 atom stereocenters. The zero-order chi connectivity index (χ0) is 20.2. The normalized spacial score (nSPS) is 21.8. The van der Waals surface area contributed by atoms with E-state index < -0.39 is 0 Å². The fourth-order valence-electron chi connectivity index (χ4n) is 4.32. The van der Waals surface area contributed by atoms with Crippen LogP contribution in [0.5, 0.6) is 0 Å². The van der Waals surface area contributed by atoms with E-state index in [1.165, 1.54) is 11.1 Å². The first-order valence-electron chi connectivity index (χ1n) is 10.7. The van der Waals surface area contributed by atoms with E-state index in [1.54, 1.807) is 24.8 Å². The van der Waals surface area contributed by atoms with Gasteiger partial charge in [0, 0.05) is 36.9 Å². The maximum absolute atomic E-state index is 5.48. The highest BCUT2D eigenvalue weighted by atomic mass is 16.5. The molecule has 1 aliphatic carbocycles. The van der Waals surface area contributed by atoms with Crippen molar-refractivity contribution in [1.29, 1.82) is 0 Å². The molecule has 2 N–H and O–H groups in total. The minimum atomic E-state index is 0.417. The van der Waals surface area contributed by atoms with Gasteiger partial charge in [0.05, 0.1) is 24.4 Å². The molecule has 1 aromatic carbocycles. The molecule has 2 aliphatic rings. The first kappa shape index (κ1) is 18.9. The number of nitrogens with one attached hydrogen (secondary N) is 2. The van der Waals surface area contributed by atoms with Crippen molar-refractivity contribution < 1.29 is 4.74 Å². The summed E-state index contributed by atoms with van der Waals surface area (Å²) in [7, 11) is 0. The number of hydrogen-bond acceptors (Lipinski definition) is 7. The van der Waals surface area contributed by atoms with Gasteiger partial charge in [-0.05, 0) is 61.4 Å². The number of nitrogens with zero attached hydrogens (tertiary/aromatic N) is 4. The predicted octanol–water partition coefficient (Wildman–Crippen LogP) is 4.06. The van der Waals surface area contributed by atoms with E-state index in [1.807, 2.05) is 6.07 Å². The second kappa shape index (κ2) is 8.75. The van der Waals surface area contributed by atoms with Crippen LogP contribution in [-0.4, -0.2) is 45.2 Å². The first-order valence-corrected chi connectivity index (χ1v) is 10.7. The largest absolute Gasteiger partial charge is 0.380 e. The third-order valence-electron chi connectivity index (χ3n) is 5.89. The summed E-state index contributed by atoms with van der Waals surface area (Å²) in [5.41, 5.74) is 5.48. The van der Waals surface area contributed by atoms with Crippen LogP contribution < -0.4 is 10.6 Å². The highest BCUT2D eigenvalue weighted by Crippen LogP contribution is 2.31. The van der Waals surface area contributed by atoms with Crippen molar-refractivity contribution in [3.05, 3.63) is 54.6 Å². The van der Waals surface area contributed by atoms with Crippen molar-refractivity contribution in [3.63, 3.8) is 0 Å². The standard InChI is InChI=1S/C23H26N6O/c1-8-26-23(27-9-1)29-19-4-2-18(3-5-19)28-21-15-17(16-6-12-30-13-7-16)14-20-22(21)25-11-10-24-20/h1,6,8-11,14-15,18-19,28H,2-5,7,12-13H2,(H,26,27,29). The summed E-state index contributed by atoms with van der Waals surface area (Å²) in [6.45, 7) is 1.45. The molecule has 0 bridgehead atoms. The zero-order valence-electron chi connectivity index (χ0n) is 16.9. The van der Waals surface area contributed by atoms with Gasteiger partial charge in [-0.1, -0.05) is 6.08 Å². The summed E-state index contributed by atoms with van der Waals surface area (Å²) >= 11 is 0. The summed E-state index contributed by atoms with van der Waals surface area (Å²) in [4.78, 5) is 17.7. The van der Waals surface area contributed by atoms with Gasteiger partial charge >= 0.3 is 0 Å². The highest BCUT2D eigenvalue weighted by Gasteiger charge is 2.22. The SMILES string of the molecule is C1=C(c2cc(NC3CCC(Nc4ncccn4)CC3)c3nccnc3c2)CCOC1. The average Bonchev–Trinajstić information content (AvgIpc) is 2.81. The molecule has 154 valence electrons. The molecule has 3 heterocycles. The van der Waals surface area contributed by atoms with Crippen molar-refractivity contribution in [2.75, 3.05) is 23.8 Å². The highest BCUT2D eigenvalue weighted by molar-refractivity contribution is 5.91. The van der Waals surface area contributed by atoms with Crippen LogP contribution in [0, 0.1) is 0 Å². The van der Waals surface area contributed by atoms with Crippen LogP contribution in [0.25, 0.3) is 16.6 Å². The number of fused-ring (bicyclic) bond motifs is 1. The fraction of sp³-hybridized carbons (Fsp3) is 0.391. The van der Waals surface area contributed by atoms with Crippen molar-refractivity contribution >= 4 is 28.2 Å². The summed E-state index contributed by atoms with van der Waals surface area (Å²) in [6, 6.07) is 7.05. The lowest BCUT2D eigenvalue weighted by Gasteiger charge is -2.30. The molecular formula is C23H26N6O. The molecule has 3 aromatic rings. The van der Waals surface area contributed by atoms with E-state index in [2.05, 4.69) is 48.8 Å². The third kappa shape index (κ3) is 4.26. The smallest absolute Gasteiger partial charge is 0.222 e. The van der Waals surface area contributed by atoms with Crippen LogP contribution >= 0.6 is 0 Å². The zero-order valence-corrected chi connectivity index (χ0v) is 16.9. The Balaban J connectivity index is 1.31. The molecule has 7 nitrogen and oxygen atoms in total. The van der Waals surface area contributed by atoms with E-state index in [4.69, 9.17) is 4.74 Å². The summed E-state index contributed by atoms with van der Waals surface area (Å²) in [5.74, 6) is 0.715. The van der Waals surface area contributed by atoms with Crippen molar-refractivity contribution in [2.45, 2.75) is 44.2 Å². The van der Waals surface area contributed by atoms with Gasteiger partial charge in [0.15, 0.2) is 0 Å². The Hall–Kier alpha value is -3.06. The van der Waals surface area contributed by atoms with Crippen molar-refractivity contribution in [1.82, 2.24) is 19.9 Å². The molecule has 0 amide bonds. The molecule has 1 aliphatic heterocycles. The van der Waals surface area contributed by atoms with Gasteiger partial charge in [0.2, 0.25) is 5.95 Å². The number of hydrogen-bond donors (Lipinski definition) is 2. The molecule has 1 saturated carbocycles. The second-order valence-corrected chi connectivity index (χ2v) is 7.91. The monoisotopic (exact) mass is 402 g/mol. The van der Waals surface area contributed by atoms with Crippen molar-refractivity contribution in [2.24, 2.45) is 0 Å². The number of anilines is 2. The fourth-order valence-corrected chi connectivity index (χ4v) is 4.32. The van der Waals surface area contributed by atoms with Gasteiger partial charge in [0.1, 0.15) is 5.52 Å². The van der Waals surface area contributed by atoms with Gasteiger partial charge < -0.3 is 15.4 Å². The Morgan fingerprint density at radius 1 is 0.833 bits per heavy atom. The van der Waals surface area contributed by atoms with E-state index in [-0.39, 0.29) is 0 Å². The van der Waals surface area contributed by atoms with Gasteiger partial charge in [-0.2, -0.15) is 0 Å². The van der Waals surface area contributed by atoms with Crippen LogP contribution in [0.3, 0.4) is 0 Å². The minimum absolute atomic E-state index is 0.417. The van der Waals surface area contributed by atoms with Crippen LogP contribution in [0.1, 0.15) is 37.7 Å². The summed E-state index contributed by atoms with van der Waals surface area (Å²) in [5, 5.41) is 7.22. The minimum Gasteiger partial charge on any atom is -0.380 e. The van der Waals surface area contributed by atoms with E-state index in [0.717, 1.165) is 55.4 Å². The molecule has 7 heteroatoms. The average molecular weight is 403 g/mol. The van der Waals surface area contributed by atoms with Gasteiger partial charge in [-0.3, -0.25) is 9.97 Å². The lowest BCUT2D eigenvalue weighted by Crippen LogP contribution is -2.32. The van der Waals surface area contributed by atoms with Gasteiger partial charge in [-0.25, -0.2) is 9.97 Å². The Morgan fingerprint density at radius 2 is 1.60 bits per heavy atom. The first-order chi connectivity index (χ1) is 14.8. The summed E-state index contributed by atoms with van der Waals surface area (Å²) < 4.78 is 5.48. The van der Waals surface area contributed by atoms with Gasteiger partial charge in [0.25, 0.3) is 0 Å². The molecule has 0 radical (unpaired) electrons. The number of aromatic nitrogens is 4. The third-order valence-corrected chi connectivity index (χ3v) is 5.89. The number of rotatable bonds is 5. The lowest BCUT2D eigenvalue weighted by molar-refractivity contribution is 0.161. The maximum Gasteiger partial charge on any atom is 0.222 e. The van der Waals surface area contributed by atoms with E-state index >= 15 is 0 Å². The number of benzene rings is 1. The second-order valence-electron chi connectivity index (χ2n) is 7.91. The van der Waals surface area contributed by atoms with Crippen LogP contribution in [0.15, 0.2) is 49.1 Å². The molecule has 0 saturated heterocycles. The molecule has 5 rings (SSSR count). The Morgan fingerprint density at radius 3 is 2.37 bits per heavy atom. The maximum atomic E-state index is 5.48. The van der Waals surface area contributed by atoms with Crippen LogP contribution in [-0.2, 0) is 4.74 Å². The lowest BCUT2D eigenvalue weighted by atomic mass is 9.90. The van der Waals surface area contributed by atoms with E-state index in [0.29, 0.717) is 24.6 Å². The number of ether oxygens (including phenoxy) is 1. The molecule has 30 heavy (non-hydrogen) atoms. The Bertz CT molecular complexity index is 1030. The molecule has 0 unspecified atom stereocenters. The molecule has 0 spiro atoms.